The molecule has 0 aliphatic carbocycles. The summed E-state index contributed by atoms with van der Waals surface area (Å²) in [6.07, 6.45) is 1.35. The number of piperidine rings is 1. The fourth-order valence-electron chi connectivity index (χ4n) is 3.29. The molecule has 0 radical (unpaired) electrons. The third-order valence-corrected chi connectivity index (χ3v) is 4.70. The van der Waals surface area contributed by atoms with E-state index in [1.165, 1.54) is 6.07 Å². The van der Waals surface area contributed by atoms with Crippen molar-refractivity contribution in [1.29, 1.82) is 0 Å². The number of aryl methyl sites for hydroxylation is 1. The van der Waals surface area contributed by atoms with Crippen molar-refractivity contribution in [3.05, 3.63) is 33.9 Å². The van der Waals surface area contributed by atoms with Gasteiger partial charge in [-0.25, -0.2) is 9.59 Å². The van der Waals surface area contributed by atoms with Gasteiger partial charge in [0.05, 0.1) is 4.92 Å². The number of rotatable bonds is 4. The molecule has 9 heteroatoms. The van der Waals surface area contributed by atoms with Gasteiger partial charge in [-0.3, -0.25) is 10.1 Å². The van der Waals surface area contributed by atoms with E-state index in [4.69, 9.17) is 4.74 Å². The Bertz CT molecular complexity index is 775. The molecule has 160 valence electrons. The van der Waals surface area contributed by atoms with Crippen LogP contribution in [0, 0.1) is 23.0 Å². The fraction of sp³-hybridized carbons (Fsp3) is 0.600. The maximum absolute atomic E-state index is 12.6. The third kappa shape index (κ3) is 6.62. The largest absolute Gasteiger partial charge is 0.444 e. The van der Waals surface area contributed by atoms with Gasteiger partial charge < -0.3 is 19.9 Å². The highest BCUT2D eigenvalue weighted by molar-refractivity contribution is 5.89. The lowest BCUT2D eigenvalue weighted by Crippen LogP contribution is -2.46. The molecule has 9 nitrogen and oxygen atoms in total. The maximum Gasteiger partial charge on any atom is 0.410 e. The van der Waals surface area contributed by atoms with E-state index in [1.54, 1.807) is 35.9 Å². The van der Waals surface area contributed by atoms with Gasteiger partial charge >= 0.3 is 12.1 Å². The topological polar surface area (TPSA) is 105 Å². The Hall–Kier alpha value is -2.84. The summed E-state index contributed by atoms with van der Waals surface area (Å²) in [6, 6.07) is 4.33. The highest BCUT2D eigenvalue weighted by atomic mass is 16.6. The highest BCUT2D eigenvalue weighted by Gasteiger charge is 2.27. The molecule has 1 N–H and O–H groups in total. The molecule has 1 aliphatic rings. The predicted molar refractivity (Wildman–Crippen MR) is 110 cm³/mol. The van der Waals surface area contributed by atoms with Gasteiger partial charge in [-0.15, -0.1) is 0 Å². The number of amides is 3. The van der Waals surface area contributed by atoms with Crippen LogP contribution in [0.5, 0.6) is 0 Å². The molecule has 1 aliphatic heterocycles. The van der Waals surface area contributed by atoms with E-state index in [1.807, 2.05) is 20.8 Å². The van der Waals surface area contributed by atoms with Crippen LogP contribution in [0.1, 0.15) is 39.2 Å². The molecule has 0 bridgehead atoms. The smallest absolute Gasteiger partial charge is 0.410 e. The van der Waals surface area contributed by atoms with Crippen molar-refractivity contribution in [1.82, 2.24) is 9.80 Å². The number of urea groups is 1. The molecule has 1 atom stereocenters. The summed E-state index contributed by atoms with van der Waals surface area (Å²) in [5.41, 5.74) is 0.343. The number of carbonyl (C=O) groups is 2. The van der Waals surface area contributed by atoms with E-state index in [-0.39, 0.29) is 23.7 Å². The SMILES string of the molecule is Cc1ccc(NC(=O)N2CCCC(CN(C)C(=O)OC(C)(C)C)C2)cc1[N+](=O)[O-]. The number of nitrogens with one attached hydrogen (secondary N) is 1. The summed E-state index contributed by atoms with van der Waals surface area (Å²) in [4.78, 5) is 38.6. The number of nitro benzene ring substituents is 1. The lowest BCUT2D eigenvalue weighted by Gasteiger charge is -2.35. The first-order valence-electron chi connectivity index (χ1n) is 9.71. The van der Waals surface area contributed by atoms with Crippen molar-refractivity contribution in [2.45, 2.75) is 46.1 Å². The van der Waals surface area contributed by atoms with E-state index >= 15 is 0 Å². The van der Waals surface area contributed by atoms with E-state index < -0.39 is 10.5 Å². The van der Waals surface area contributed by atoms with Crippen molar-refractivity contribution >= 4 is 23.5 Å². The zero-order valence-corrected chi connectivity index (χ0v) is 17.7. The number of nitrogens with zero attached hydrogens (tertiary/aromatic N) is 3. The van der Waals surface area contributed by atoms with Crippen LogP contribution < -0.4 is 5.32 Å². The summed E-state index contributed by atoms with van der Waals surface area (Å²) in [5.74, 6) is 0.138. The molecule has 0 aromatic heterocycles. The molecule has 1 aromatic rings. The van der Waals surface area contributed by atoms with Crippen LogP contribution in [0.3, 0.4) is 0 Å². The van der Waals surface area contributed by atoms with Crippen LogP contribution in [-0.2, 0) is 4.74 Å². The third-order valence-electron chi connectivity index (χ3n) is 4.70. The number of likely N-dealkylation sites (tertiary alicyclic amines) is 1. The zero-order chi connectivity index (χ0) is 21.8. The Labute approximate surface area is 171 Å². The number of ether oxygens (including phenoxy) is 1. The van der Waals surface area contributed by atoms with Crippen molar-refractivity contribution in [3.8, 4) is 0 Å². The minimum absolute atomic E-state index is 0.0293. The standard InChI is InChI=1S/C20H30N4O5/c1-14-8-9-16(11-17(14)24(27)28)21-18(25)23-10-6-7-15(13-23)12-22(5)19(26)29-20(2,3)4/h8-9,11,15H,6-7,10,12-13H2,1-5H3,(H,21,25). The first-order chi connectivity index (χ1) is 13.5. The number of carbonyl (C=O) groups excluding carboxylic acids is 2. The number of hydrogen-bond acceptors (Lipinski definition) is 5. The van der Waals surface area contributed by atoms with Crippen molar-refractivity contribution in [2.75, 3.05) is 32.0 Å². The van der Waals surface area contributed by atoms with Crippen molar-refractivity contribution in [2.24, 2.45) is 5.92 Å². The molecule has 1 fully saturated rings. The Morgan fingerprint density at radius 2 is 2.07 bits per heavy atom. The highest BCUT2D eigenvalue weighted by Crippen LogP contribution is 2.24. The van der Waals surface area contributed by atoms with Gasteiger partial charge in [0.15, 0.2) is 0 Å². The molecule has 0 saturated carbocycles. The second-order valence-corrected chi connectivity index (χ2v) is 8.50. The number of nitro groups is 1. The lowest BCUT2D eigenvalue weighted by atomic mass is 9.98. The van der Waals surface area contributed by atoms with Crippen LogP contribution in [-0.4, -0.2) is 59.1 Å². The van der Waals surface area contributed by atoms with Crippen LogP contribution in [0.4, 0.5) is 21.0 Å². The summed E-state index contributed by atoms with van der Waals surface area (Å²) in [5, 5.41) is 13.8. The molecule has 1 heterocycles. The summed E-state index contributed by atoms with van der Waals surface area (Å²) in [6.45, 7) is 8.72. The van der Waals surface area contributed by atoms with Crippen LogP contribution in [0.25, 0.3) is 0 Å². The second-order valence-electron chi connectivity index (χ2n) is 8.50. The molecule has 0 spiro atoms. The van der Waals surface area contributed by atoms with Gasteiger partial charge in [0.1, 0.15) is 5.60 Å². The van der Waals surface area contributed by atoms with Gasteiger partial charge in [-0.05, 0) is 52.5 Å². The Morgan fingerprint density at radius 1 is 1.38 bits per heavy atom. The normalized spacial score (nSPS) is 16.9. The molecular formula is C20H30N4O5. The number of benzene rings is 1. The summed E-state index contributed by atoms with van der Waals surface area (Å²) >= 11 is 0. The van der Waals surface area contributed by atoms with Gasteiger partial charge in [0, 0.05) is 44.0 Å². The first kappa shape index (κ1) is 22.4. The van der Waals surface area contributed by atoms with Crippen LogP contribution >= 0.6 is 0 Å². The fourth-order valence-corrected chi connectivity index (χ4v) is 3.29. The monoisotopic (exact) mass is 406 g/mol. The van der Waals surface area contributed by atoms with E-state index in [9.17, 15) is 19.7 Å². The summed E-state index contributed by atoms with van der Waals surface area (Å²) < 4.78 is 5.37. The quantitative estimate of drug-likeness (QED) is 0.601. The first-order valence-corrected chi connectivity index (χ1v) is 9.71. The number of anilines is 1. The Kier molecular flexibility index (Phi) is 7.05. The molecule has 1 saturated heterocycles. The zero-order valence-electron chi connectivity index (χ0n) is 17.7. The van der Waals surface area contributed by atoms with E-state index in [2.05, 4.69) is 5.32 Å². The van der Waals surface area contributed by atoms with Crippen LogP contribution in [0.15, 0.2) is 18.2 Å². The second kappa shape index (κ2) is 9.11. The average Bonchev–Trinajstić information content (AvgIpc) is 2.61. The summed E-state index contributed by atoms with van der Waals surface area (Å²) in [7, 11) is 1.69. The molecule has 1 unspecified atom stereocenters. The molecule has 3 amide bonds. The maximum atomic E-state index is 12.6. The van der Waals surface area contributed by atoms with Gasteiger partial charge in [0.25, 0.3) is 5.69 Å². The van der Waals surface area contributed by atoms with Gasteiger partial charge in [-0.1, -0.05) is 6.07 Å². The molecule has 2 rings (SSSR count). The van der Waals surface area contributed by atoms with Gasteiger partial charge in [-0.2, -0.15) is 0 Å². The van der Waals surface area contributed by atoms with Gasteiger partial charge in [0.2, 0.25) is 0 Å². The number of hydrogen-bond donors (Lipinski definition) is 1. The molecular weight excluding hydrogens is 376 g/mol. The predicted octanol–water partition coefficient (Wildman–Crippen LogP) is 4.01. The molecule has 29 heavy (non-hydrogen) atoms. The minimum Gasteiger partial charge on any atom is -0.444 e. The minimum atomic E-state index is -0.555. The van der Waals surface area contributed by atoms with Crippen LogP contribution in [0.2, 0.25) is 0 Å². The van der Waals surface area contributed by atoms with Crippen molar-refractivity contribution in [3.63, 3.8) is 0 Å². The molecule has 1 aromatic carbocycles. The van der Waals surface area contributed by atoms with E-state index in [0.29, 0.717) is 30.9 Å². The van der Waals surface area contributed by atoms with E-state index in [0.717, 1.165) is 12.8 Å². The van der Waals surface area contributed by atoms with Crippen molar-refractivity contribution < 1.29 is 19.2 Å². The Balaban J connectivity index is 1.95. The lowest BCUT2D eigenvalue weighted by molar-refractivity contribution is -0.385. The average molecular weight is 406 g/mol. The Morgan fingerprint density at radius 3 is 2.69 bits per heavy atom.